The maximum absolute atomic E-state index is 12.2. The summed E-state index contributed by atoms with van der Waals surface area (Å²) in [6.45, 7) is 3.63. The molecule has 3 aromatic rings. The SMILES string of the molecule is Cc1ccc([C@@H](C)NC(=O)c2cc(=O)c3ccccc3o2)o1. The first-order chi connectivity index (χ1) is 10.5. The maximum Gasteiger partial charge on any atom is 0.287 e. The molecule has 1 aromatic carbocycles. The Hall–Kier alpha value is -2.82. The van der Waals surface area contributed by atoms with Crippen LogP contribution in [-0.2, 0) is 0 Å². The molecule has 2 heterocycles. The molecule has 1 N–H and O–H groups in total. The van der Waals surface area contributed by atoms with Gasteiger partial charge < -0.3 is 14.2 Å². The topological polar surface area (TPSA) is 72.5 Å². The van der Waals surface area contributed by atoms with Crippen molar-refractivity contribution in [3.8, 4) is 0 Å². The Kier molecular flexibility index (Phi) is 3.55. The second-order valence-electron chi connectivity index (χ2n) is 5.11. The molecule has 0 unspecified atom stereocenters. The minimum Gasteiger partial charge on any atom is -0.464 e. The number of rotatable bonds is 3. The molecular formula is C17H15NO4. The summed E-state index contributed by atoms with van der Waals surface area (Å²) in [5.41, 5.74) is 0.148. The predicted molar refractivity (Wildman–Crippen MR) is 81.8 cm³/mol. The molecule has 0 saturated heterocycles. The molecule has 0 saturated carbocycles. The summed E-state index contributed by atoms with van der Waals surface area (Å²) in [6.07, 6.45) is 0. The lowest BCUT2D eigenvalue weighted by Crippen LogP contribution is -2.27. The first-order valence-corrected chi connectivity index (χ1v) is 6.94. The highest BCUT2D eigenvalue weighted by Gasteiger charge is 2.17. The lowest BCUT2D eigenvalue weighted by atomic mass is 10.2. The monoisotopic (exact) mass is 297 g/mol. The summed E-state index contributed by atoms with van der Waals surface area (Å²) in [5.74, 6) is 0.950. The Morgan fingerprint density at radius 2 is 1.91 bits per heavy atom. The summed E-state index contributed by atoms with van der Waals surface area (Å²) in [4.78, 5) is 24.3. The van der Waals surface area contributed by atoms with E-state index in [0.29, 0.717) is 16.7 Å². The first-order valence-electron chi connectivity index (χ1n) is 6.94. The third-order valence-electron chi connectivity index (χ3n) is 3.39. The highest BCUT2D eigenvalue weighted by Crippen LogP contribution is 2.17. The molecule has 0 aliphatic rings. The van der Waals surface area contributed by atoms with Crippen molar-refractivity contribution in [1.29, 1.82) is 0 Å². The molecule has 0 aliphatic heterocycles. The van der Waals surface area contributed by atoms with Crippen LogP contribution in [0.2, 0.25) is 0 Å². The molecule has 0 spiro atoms. The van der Waals surface area contributed by atoms with Gasteiger partial charge in [0.2, 0.25) is 0 Å². The van der Waals surface area contributed by atoms with Gasteiger partial charge in [0.25, 0.3) is 5.91 Å². The molecule has 3 rings (SSSR count). The molecule has 0 aliphatic carbocycles. The van der Waals surface area contributed by atoms with Gasteiger partial charge >= 0.3 is 0 Å². The quantitative estimate of drug-likeness (QED) is 0.806. The molecule has 0 radical (unpaired) electrons. The lowest BCUT2D eigenvalue weighted by molar-refractivity contribution is 0.0907. The van der Waals surface area contributed by atoms with Gasteiger partial charge in [-0.15, -0.1) is 0 Å². The Morgan fingerprint density at radius 3 is 2.64 bits per heavy atom. The minimum absolute atomic E-state index is 0.0150. The lowest BCUT2D eigenvalue weighted by Gasteiger charge is -2.11. The van der Waals surface area contributed by atoms with Crippen molar-refractivity contribution in [2.24, 2.45) is 0 Å². The van der Waals surface area contributed by atoms with Gasteiger partial charge in [0.15, 0.2) is 11.2 Å². The number of fused-ring (bicyclic) bond motifs is 1. The fourth-order valence-corrected chi connectivity index (χ4v) is 2.24. The Bertz CT molecular complexity index is 891. The van der Waals surface area contributed by atoms with E-state index in [0.717, 1.165) is 5.76 Å². The molecule has 2 aromatic heterocycles. The van der Waals surface area contributed by atoms with Gasteiger partial charge in [0.1, 0.15) is 17.1 Å². The summed E-state index contributed by atoms with van der Waals surface area (Å²) in [5, 5.41) is 3.20. The number of aryl methyl sites for hydroxylation is 1. The summed E-state index contributed by atoms with van der Waals surface area (Å²) >= 11 is 0. The van der Waals surface area contributed by atoms with Crippen LogP contribution in [0.4, 0.5) is 0 Å². The van der Waals surface area contributed by atoms with Crippen LogP contribution < -0.4 is 10.7 Å². The van der Waals surface area contributed by atoms with Crippen LogP contribution in [0.3, 0.4) is 0 Å². The number of furan rings is 1. The van der Waals surface area contributed by atoms with E-state index in [1.54, 1.807) is 37.3 Å². The second-order valence-corrected chi connectivity index (χ2v) is 5.11. The van der Waals surface area contributed by atoms with Gasteiger partial charge in [0.05, 0.1) is 11.4 Å². The van der Waals surface area contributed by atoms with E-state index in [1.165, 1.54) is 6.07 Å². The van der Waals surface area contributed by atoms with Crippen LogP contribution in [0, 0.1) is 6.92 Å². The average Bonchev–Trinajstić information content (AvgIpc) is 2.94. The number of nitrogens with one attached hydrogen (secondary N) is 1. The van der Waals surface area contributed by atoms with Crippen LogP contribution in [0.5, 0.6) is 0 Å². The van der Waals surface area contributed by atoms with E-state index in [-0.39, 0.29) is 17.2 Å². The molecule has 5 nitrogen and oxygen atoms in total. The third kappa shape index (κ3) is 2.65. The number of carbonyl (C=O) groups excluding carboxylic acids is 1. The van der Waals surface area contributed by atoms with Crippen LogP contribution in [0.15, 0.2) is 56.1 Å². The molecule has 112 valence electrons. The fourth-order valence-electron chi connectivity index (χ4n) is 2.24. The average molecular weight is 297 g/mol. The number of amides is 1. The van der Waals surface area contributed by atoms with E-state index < -0.39 is 5.91 Å². The summed E-state index contributed by atoms with van der Waals surface area (Å²) in [7, 11) is 0. The maximum atomic E-state index is 12.2. The van der Waals surface area contributed by atoms with Gasteiger partial charge in [-0.3, -0.25) is 9.59 Å². The molecule has 0 fully saturated rings. The van der Waals surface area contributed by atoms with Crippen molar-refractivity contribution in [2.45, 2.75) is 19.9 Å². The molecule has 5 heteroatoms. The Morgan fingerprint density at radius 1 is 1.14 bits per heavy atom. The van der Waals surface area contributed by atoms with Gasteiger partial charge in [-0.1, -0.05) is 12.1 Å². The van der Waals surface area contributed by atoms with E-state index in [4.69, 9.17) is 8.83 Å². The second kappa shape index (κ2) is 5.52. The first kappa shape index (κ1) is 14.1. The van der Waals surface area contributed by atoms with Crippen molar-refractivity contribution in [2.75, 3.05) is 0 Å². The van der Waals surface area contributed by atoms with Crippen molar-refractivity contribution >= 4 is 16.9 Å². The van der Waals surface area contributed by atoms with Crippen LogP contribution >= 0.6 is 0 Å². The molecule has 22 heavy (non-hydrogen) atoms. The molecule has 1 amide bonds. The van der Waals surface area contributed by atoms with Crippen LogP contribution in [0.1, 0.15) is 35.0 Å². The standard InChI is InChI=1S/C17H15NO4/c1-10-7-8-14(21-10)11(2)18-17(20)16-9-13(19)12-5-3-4-6-15(12)22-16/h3-9,11H,1-2H3,(H,18,20)/t11-/m1/s1. The van der Waals surface area contributed by atoms with Crippen molar-refractivity contribution < 1.29 is 13.6 Å². The van der Waals surface area contributed by atoms with Crippen molar-refractivity contribution in [1.82, 2.24) is 5.32 Å². The van der Waals surface area contributed by atoms with E-state index in [2.05, 4.69) is 5.32 Å². The van der Waals surface area contributed by atoms with Gasteiger partial charge in [0, 0.05) is 6.07 Å². The summed E-state index contributed by atoms with van der Waals surface area (Å²) in [6, 6.07) is 11.3. The van der Waals surface area contributed by atoms with Gasteiger partial charge in [-0.05, 0) is 38.1 Å². The van der Waals surface area contributed by atoms with Gasteiger partial charge in [-0.2, -0.15) is 0 Å². The largest absolute Gasteiger partial charge is 0.464 e. The normalized spacial score (nSPS) is 12.3. The van der Waals surface area contributed by atoms with Crippen molar-refractivity contribution in [3.63, 3.8) is 0 Å². The highest BCUT2D eigenvalue weighted by molar-refractivity contribution is 5.93. The molecule has 1 atom stereocenters. The Labute approximate surface area is 126 Å². The van der Waals surface area contributed by atoms with E-state index in [1.807, 2.05) is 13.0 Å². The number of hydrogen-bond donors (Lipinski definition) is 1. The number of benzene rings is 1. The highest BCUT2D eigenvalue weighted by atomic mass is 16.3. The van der Waals surface area contributed by atoms with E-state index in [9.17, 15) is 9.59 Å². The van der Waals surface area contributed by atoms with Crippen LogP contribution in [-0.4, -0.2) is 5.91 Å². The van der Waals surface area contributed by atoms with Crippen LogP contribution in [0.25, 0.3) is 11.0 Å². The zero-order valence-corrected chi connectivity index (χ0v) is 12.3. The van der Waals surface area contributed by atoms with Crippen molar-refractivity contribution in [3.05, 3.63) is 70.0 Å². The fraction of sp³-hybridized carbons (Fsp3) is 0.176. The Balaban J connectivity index is 1.87. The van der Waals surface area contributed by atoms with Gasteiger partial charge in [-0.25, -0.2) is 0 Å². The third-order valence-corrected chi connectivity index (χ3v) is 3.39. The smallest absolute Gasteiger partial charge is 0.287 e. The zero-order chi connectivity index (χ0) is 15.7. The molecular weight excluding hydrogens is 282 g/mol. The molecule has 0 bridgehead atoms. The number of hydrogen-bond acceptors (Lipinski definition) is 4. The zero-order valence-electron chi connectivity index (χ0n) is 12.3. The number of para-hydroxylation sites is 1. The predicted octanol–water partition coefficient (Wildman–Crippen LogP) is 3.19. The summed E-state index contributed by atoms with van der Waals surface area (Å²) < 4.78 is 11.0. The van der Waals surface area contributed by atoms with E-state index >= 15 is 0 Å². The number of carbonyl (C=O) groups is 1. The minimum atomic E-state index is -0.454.